The van der Waals surface area contributed by atoms with E-state index in [1.165, 1.54) is 0 Å². The monoisotopic (exact) mass is 707 g/mol. The molecule has 264 valence electrons. The molecule has 0 aliphatic rings. The molecule has 0 spiro atoms. The summed E-state index contributed by atoms with van der Waals surface area (Å²) in [7, 11) is 0. The summed E-state index contributed by atoms with van der Waals surface area (Å²) in [6, 6.07) is 37.7. The molecule has 4 aromatic carbocycles. The fourth-order valence-electron chi connectivity index (χ4n) is 5.20. The van der Waals surface area contributed by atoms with Crippen LogP contribution in [0.1, 0.15) is 43.4 Å². The average molecular weight is 708 g/mol. The second-order valence-corrected chi connectivity index (χ2v) is 11.7. The van der Waals surface area contributed by atoms with Crippen LogP contribution in [0.4, 0.5) is 0 Å². The minimum absolute atomic E-state index is 0.240. The van der Waals surface area contributed by atoms with Crippen LogP contribution in [0.2, 0.25) is 0 Å². The normalized spacial score (nSPS) is 10.8. The number of aromatic amines is 1. The van der Waals surface area contributed by atoms with Crippen LogP contribution < -0.4 is 21.5 Å². The summed E-state index contributed by atoms with van der Waals surface area (Å²) in [5.74, 6) is -3.45. The van der Waals surface area contributed by atoms with Gasteiger partial charge in [-0.25, -0.2) is 0 Å². The van der Waals surface area contributed by atoms with Gasteiger partial charge in [0.15, 0.2) is 0 Å². The lowest BCUT2D eigenvalue weighted by Gasteiger charge is -2.06. The Kier molecular flexibility index (Phi) is 11.1. The van der Waals surface area contributed by atoms with Crippen molar-refractivity contribution in [2.75, 3.05) is 0 Å². The summed E-state index contributed by atoms with van der Waals surface area (Å²) < 4.78 is 9.84. The molecular formula is C42H33N3O8. The lowest BCUT2D eigenvalue weighted by Crippen LogP contribution is -2.24. The van der Waals surface area contributed by atoms with Gasteiger partial charge in [0.1, 0.15) is 0 Å². The van der Waals surface area contributed by atoms with E-state index in [0.717, 1.165) is 69.1 Å². The molecule has 0 unspecified atom stereocenters. The average Bonchev–Trinajstić information content (AvgIpc) is 3.63. The van der Waals surface area contributed by atoms with E-state index in [1.54, 1.807) is 0 Å². The highest BCUT2D eigenvalue weighted by Gasteiger charge is 2.17. The third-order valence-corrected chi connectivity index (χ3v) is 8.07. The molecular weight excluding hydrogens is 674 g/mol. The van der Waals surface area contributed by atoms with E-state index < -0.39 is 39.9 Å². The highest BCUT2D eigenvalue weighted by Crippen LogP contribution is 2.24. The molecule has 0 radical (unpaired) electrons. The molecule has 53 heavy (non-hydrogen) atoms. The van der Waals surface area contributed by atoms with Crippen molar-refractivity contribution in [3.05, 3.63) is 188 Å². The summed E-state index contributed by atoms with van der Waals surface area (Å²) >= 11 is 0. The van der Waals surface area contributed by atoms with Crippen molar-refractivity contribution in [1.82, 2.24) is 15.6 Å². The number of rotatable bonds is 9. The summed E-state index contributed by atoms with van der Waals surface area (Å²) in [5, 5.41) is 25.6. The fourth-order valence-corrected chi connectivity index (χ4v) is 5.20. The zero-order valence-electron chi connectivity index (χ0n) is 28.1. The van der Waals surface area contributed by atoms with E-state index in [2.05, 4.69) is 27.8 Å². The largest absolute Gasteiger partial charge is 0.501 e. The molecule has 2 amide bonds. The number of hydrogen-bond acceptors (Lipinski definition) is 8. The van der Waals surface area contributed by atoms with Crippen LogP contribution in [0.25, 0.3) is 34.3 Å². The minimum Gasteiger partial charge on any atom is -0.501 e. The van der Waals surface area contributed by atoms with Gasteiger partial charge >= 0.3 is 0 Å². The number of H-pyrrole nitrogens is 1. The van der Waals surface area contributed by atoms with Crippen molar-refractivity contribution in [2.45, 2.75) is 13.1 Å². The predicted molar refractivity (Wildman–Crippen MR) is 201 cm³/mol. The SMILES string of the molecule is O=C(NCc1ccc(-c2cc3ccccc3[nH]2)cc1)c1occc(=O)c1O.O=C(NCc1ccc(/C=C/c2ccccc2)cc1)c1occc(=O)c1O. The Balaban J connectivity index is 0.000000182. The Bertz CT molecular complexity index is 2470. The molecule has 11 nitrogen and oxygen atoms in total. The van der Waals surface area contributed by atoms with Gasteiger partial charge in [-0.05, 0) is 39.9 Å². The molecule has 7 aromatic rings. The van der Waals surface area contributed by atoms with Crippen molar-refractivity contribution in [1.29, 1.82) is 0 Å². The van der Waals surface area contributed by atoms with Crippen molar-refractivity contribution >= 4 is 34.9 Å². The first-order valence-electron chi connectivity index (χ1n) is 16.4. The summed E-state index contributed by atoms with van der Waals surface area (Å²) in [5.41, 5.74) is 5.73. The van der Waals surface area contributed by atoms with Gasteiger partial charge < -0.3 is 34.7 Å². The summed E-state index contributed by atoms with van der Waals surface area (Å²) in [4.78, 5) is 50.1. The predicted octanol–water partition coefficient (Wildman–Crippen LogP) is 6.87. The molecule has 0 aliphatic carbocycles. The first kappa shape index (κ1) is 35.4. The van der Waals surface area contributed by atoms with E-state index >= 15 is 0 Å². The second-order valence-electron chi connectivity index (χ2n) is 11.7. The van der Waals surface area contributed by atoms with Gasteiger partial charge in [-0.1, -0.05) is 109 Å². The second kappa shape index (κ2) is 16.5. The lowest BCUT2D eigenvalue weighted by molar-refractivity contribution is 0.0908. The smallest absolute Gasteiger partial charge is 0.291 e. The molecule has 0 fully saturated rings. The molecule has 0 saturated carbocycles. The highest BCUT2D eigenvalue weighted by molar-refractivity contribution is 5.94. The lowest BCUT2D eigenvalue weighted by atomic mass is 10.1. The topological polar surface area (TPSA) is 175 Å². The number of fused-ring (bicyclic) bond motifs is 1. The van der Waals surface area contributed by atoms with Crippen LogP contribution in [0.3, 0.4) is 0 Å². The van der Waals surface area contributed by atoms with E-state index in [0.29, 0.717) is 0 Å². The Hall–Kier alpha value is -7.40. The van der Waals surface area contributed by atoms with Crippen LogP contribution in [-0.4, -0.2) is 27.0 Å². The first-order valence-corrected chi connectivity index (χ1v) is 16.4. The van der Waals surface area contributed by atoms with Crippen LogP contribution in [0, 0.1) is 0 Å². The third-order valence-electron chi connectivity index (χ3n) is 8.07. The molecule has 5 N–H and O–H groups in total. The number of aromatic hydroxyl groups is 2. The molecule has 0 aliphatic heterocycles. The Labute approximate surface area is 302 Å². The van der Waals surface area contributed by atoms with Gasteiger partial charge in [-0.3, -0.25) is 19.2 Å². The number of nitrogens with one attached hydrogen (secondary N) is 3. The number of amides is 2. The van der Waals surface area contributed by atoms with Crippen molar-refractivity contribution in [2.24, 2.45) is 0 Å². The van der Waals surface area contributed by atoms with E-state index in [1.807, 2.05) is 109 Å². The van der Waals surface area contributed by atoms with Crippen LogP contribution in [0.15, 0.2) is 152 Å². The van der Waals surface area contributed by atoms with E-state index in [4.69, 9.17) is 8.83 Å². The molecule has 3 aromatic heterocycles. The van der Waals surface area contributed by atoms with Gasteiger partial charge in [0.25, 0.3) is 11.8 Å². The third kappa shape index (κ3) is 9.04. The minimum atomic E-state index is -0.691. The van der Waals surface area contributed by atoms with Crippen molar-refractivity contribution in [3.8, 4) is 22.8 Å². The maximum absolute atomic E-state index is 12.1. The Morgan fingerprint density at radius 3 is 1.64 bits per heavy atom. The molecule has 3 heterocycles. The van der Waals surface area contributed by atoms with E-state index in [9.17, 15) is 29.4 Å². The van der Waals surface area contributed by atoms with Crippen molar-refractivity contribution < 1.29 is 28.6 Å². The maximum atomic E-state index is 12.1. The zero-order chi connectivity index (χ0) is 37.2. The highest BCUT2D eigenvalue weighted by atomic mass is 16.4. The van der Waals surface area contributed by atoms with Gasteiger partial charge in [0.05, 0.1) is 12.5 Å². The summed E-state index contributed by atoms with van der Waals surface area (Å²) in [6.07, 6.45) is 6.18. The standard InChI is InChI=1S/C21H16N2O4.C21H17NO4/c24-18-9-10-27-20(19(18)25)21(26)22-12-13-5-7-14(8-6-13)17-11-15-3-1-2-4-16(15)23-17;23-18-12-13-26-20(19(18)24)21(25)22-14-17-10-8-16(9-11-17)7-6-15-4-2-1-3-5-15/h1-11,23,25H,12H2,(H,22,26);1-13,24H,14H2,(H,22,25)/b;7-6+. The molecule has 0 bridgehead atoms. The maximum Gasteiger partial charge on any atom is 0.291 e. The first-order chi connectivity index (χ1) is 25.7. The number of carbonyl (C=O) groups excluding carboxylic acids is 2. The van der Waals surface area contributed by atoms with Crippen LogP contribution in [0.5, 0.6) is 11.5 Å². The molecule has 0 saturated heterocycles. The number of aromatic nitrogens is 1. The quantitative estimate of drug-likeness (QED) is 0.101. The number of carbonyl (C=O) groups is 2. The van der Waals surface area contributed by atoms with Crippen LogP contribution >= 0.6 is 0 Å². The zero-order valence-corrected chi connectivity index (χ0v) is 28.1. The van der Waals surface area contributed by atoms with Gasteiger partial charge in [-0.15, -0.1) is 0 Å². The van der Waals surface area contributed by atoms with Gasteiger partial charge in [0.2, 0.25) is 33.9 Å². The molecule has 7 rings (SSSR count). The Morgan fingerprint density at radius 2 is 1.09 bits per heavy atom. The number of para-hydroxylation sites is 1. The molecule has 0 atom stereocenters. The molecule has 11 heteroatoms. The van der Waals surface area contributed by atoms with Crippen molar-refractivity contribution in [3.63, 3.8) is 0 Å². The van der Waals surface area contributed by atoms with Gasteiger partial charge in [0, 0.05) is 41.8 Å². The van der Waals surface area contributed by atoms with E-state index in [-0.39, 0.29) is 18.8 Å². The van der Waals surface area contributed by atoms with Gasteiger partial charge in [-0.2, -0.15) is 0 Å². The number of benzene rings is 4. The summed E-state index contributed by atoms with van der Waals surface area (Å²) in [6.45, 7) is 0.490. The Morgan fingerprint density at radius 1 is 0.604 bits per heavy atom. The fraction of sp³-hybridized carbons (Fsp3) is 0.0476. The van der Waals surface area contributed by atoms with Crippen LogP contribution in [-0.2, 0) is 13.1 Å². The number of hydrogen-bond donors (Lipinski definition) is 5.